The van der Waals surface area contributed by atoms with E-state index in [1.807, 2.05) is 30.3 Å². The average molecular weight is 384 g/mol. The van der Waals surface area contributed by atoms with Gasteiger partial charge >= 0.3 is 0 Å². The van der Waals surface area contributed by atoms with Gasteiger partial charge in [-0.3, -0.25) is 0 Å². The van der Waals surface area contributed by atoms with Crippen molar-refractivity contribution in [3.63, 3.8) is 0 Å². The summed E-state index contributed by atoms with van der Waals surface area (Å²) in [7, 11) is -2.18. The Balaban J connectivity index is 2.02. The summed E-state index contributed by atoms with van der Waals surface area (Å²) in [4.78, 5) is 0.0942. The smallest absolute Gasteiger partial charge is 0.240 e. The molecule has 1 unspecified atom stereocenters. The molecule has 0 amide bonds. The quantitative estimate of drug-likeness (QED) is 0.697. The molecule has 0 saturated carbocycles. The van der Waals surface area contributed by atoms with Gasteiger partial charge in [0.25, 0.3) is 0 Å². The molecule has 0 spiro atoms. The first kappa shape index (κ1) is 19.7. The van der Waals surface area contributed by atoms with Crippen LogP contribution in [0, 0.1) is 0 Å². The zero-order valence-electron chi connectivity index (χ0n) is 14.0. The number of nitrogens with one attached hydrogen (secondary N) is 1. The fourth-order valence-corrected chi connectivity index (χ4v) is 4.02. The number of halogens is 1. The van der Waals surface area contributed by atoms with Crippen molar-refractivity contribution in [2.45, 2.75) is 23.7 Å². The standard InChI is InChI=1S/C18H22ClNO4S/c1-24-18-8-7-16(13-17(18)19)25(22,23)20-11-9-15(10-12-21)14-5-3-2-4-6-14/h2-8,13,15,20-21H,9-12H2,1H3. The van der Waals surface area contributed by atoms with Gasteiger partial charge in [0.1, 0.15) is 5.75 Å². The topological polar surface area (TPSA) is 75.6 Å². The third kappa shape index (κ3) is 5.44. The minimum atomic E-state index is -3.65. The molecule has 0 aliphatic carbocycles. The highest BCUT2D eigenvalue weighted by atomic mass is 35.5. The normalized spacial score (nSPS) is 12.8. The van der Waals surface area contributed by atoms with E-state index in [9.17, 15) is 13.5 Å². The van der Waals surface area contributed by atoms with Crippen molar-refractivity contribution in [1.29, 1.82) is 0 Å². The van der Waals surface area contributed by atoms with Crippen LogP contribution in [0.3, 0.4) is 0 Å². The number of benzene rings is 2. The van der Waals surface area contributed by atoms with Crippen LogP contribution < -0.4 is 9.46 Å². The Morgan fingerprint density at radius 3 is 2.48 bits per heavy atom. The summed E-state index contributed by atoms with van der Waals surface area (Å²) < 4.78 is 32.4. The van der Waals surface area contributed by atoms with Gasteiger partial charge in [0.05, 0.1) is 17.0 Å². The Bertz CT molecular complexity index is 781. The van der Waals surface area contributed by atoms with Crippen LogP contribution >= 0.6 is 11.6 Å². The highest BCUT2D eigenvalue weighted by Gasteiger charge is 2.17. The van der Waals surface area contributed by atoms with Crippen molar-refractivity contribution in [1.82, 2.24) is 4.72 Å². The predicted molar refractivity (Wildman–Crippen MR) is 98.7 cm³/mol. The molecule has 0 saturated heterocycles. The van der Waals surface area contributed by atoms with Gasteiger partial charge in [0.15, 0.2) is 0 Å². The summed E-state index contributed by atoms with van der Waals surface area (Å²) in [6.07, 6.45) is 1.17. The molecule has 136 valence electrons. The van der Waals surface area contributed by atoms with Gasteiger partial charge in [-0.05, 0) is 42.5 Å². The Labute approximate surface area is 153 Å². The second-order valence-corrected chi connectivity index (χ2v) is 7.78. The van der Waals surface area contributed by atoms with Crippen LogP contribution in [0.5, 0.6) is 5.75 Å². The second kappa shape index (κ2) is 9.20. The molecule has 2 aromatic carbocycles. The van der Waals surface area contributed by atoms with Crippen molar-refractivity contribution in [3.05, 3.63) is 59.1 Å². The summed E-state index contributed by atoms with van der Waals surface area (Å²) in [5.74, 6) is 0.515. The second-order valence-electron chi connectivity index (χ2n) is 5.60. The Morgan fingerprint density at radius 1 is 1.16 bits per heavy atom. The van der Waals surface area contributed by atoms with E-state index in [1.165, 1.54) is 25.3 Å². The molecule has 0 radical (unpaired) electrons. The number of aliphatic hydroxyl groups is 1. The van der Waals surface area contributed by atoms with E-state index < -0.39 is 10.0 Å². The largest absolute Gasteiger partial charge is 0.495 e. The van der Waals surface area contributed by atoms with Crippen LogP contribution in [0.15, 0.2) is 53.4 Å². The molecular formula is C18H22ClNO4S. The lowest BCUT2D eigenvalue weighted by molar-refractivity contribution is 0.273. The average Bonchev–Trinajstić information content (AvgIpc) is 2.61. The minimum absolute atomic E-state index is 0.0560. The molecule has 7 heteroatoms. The van der Waals surface area contributed by atoms with E-state index in [1.54, 1.807) is 0 Å². The Kier molecular flexibility index (Phi) is 7.25. The Hall–Kier alpha value is -1.60. The fourth-order valence-electron chi connectivity index (χ4n) is 2.62. The van der Waals surface area contributed by atoms with E-state index >= 15 is 0 Å². The maximum absolute atomic E-state index is 12.4. The van der Waals surface area contributed by atoms with Crippen LogP contribution in [0.4, 0.5) is 0 Å². The summed E-state index contributed by atoms with van der Waals surface area (Å²) in [5, 5.41) is 9.49. The first-order chi connectivity index (χ1) is 12.0. The lowest BCUT2D eigenvalue weighted by atomic mass is 9.93. The lowest BCUT2D eigenvalue weighted by Crippen LogP contribution is -2.26. The van der Waals surface area contributed by atoms with Crippen LogP contribution in [0.2, 0.25) is 5.02 Å². The molecular weight excluding hydrogens is 362 g/mol. The van der Waals surface area contributed by atoms with Gasteiger partial charge in [-0.2, -0.15) is 0 Å². The molecule has 25 heavy (non-hydrogen) atoms. The predicted octanol–water partition coefficient (Wildman–Crippen LogP) is 3.18. The minimum Gasteiger partial charge on any atom is -0.495 e. The number of rotatable bonds is 9. The van der Waals surface area contributed by atoms with Crippen molar-refractivity contribution >= 4 is 21.6 Å². The van der Waals surface area contributed by atoms with Crippen molar-refractivity contribution < 1.29 is 18.3 Å². The number of aliphatic hydroxyl groups excluding tert-OH is 1. The zero-order valence-corrected chi connectivity index (χ0v) is 15.6. The molecule has 0 fully saturated rings. The van der Waals surface area contributed by atoms with Gasteiger partial charge in [-0.25, -0.2) is 13.1 Å². The van der Waals surface area contributed by atoms with Gasteiger partial charge in [0.2, 0.25) is 10.0 Å². The molecule has 2 N–H and O–H groups in total. The summed E-state index contributed by atoms with van der Waals surface area (Å²) in [6, 6.07) is 14.1. The zero-order chi connectivity index (χ0) is 18.3. The molecule has 0 heterocycles. The molecule has 2 rings (SSSR count). The van der Waals surface area contributed by atoms with Crippen LogP contribution in [0.25, 0.3) is 0 Å². The first-order valence-corrected chi connectivity index (χ1v) is 9.83. The summed E-state index contributed by atoms with van der Waals surface area (Å²) in [6.45, 7) is 0.325. The van der Waals surface area contributed by atoms with Crippen LogP contribution in [0.1, 0.15) is 24.3 Å². The third-order valence-corrected chi connectivity index (χ3v) is 5.72. The summed E-state index contributed by atoms with van der Waals surface area (Å²) in [5.41, 5.74) is 1.09. The SMILES string of the molecule is COc1ccc(S(=O)(=O)NCCC(CCO)c2ccccc2)cc1Cl. The summed E-state index contributed by atoms with van der Waals surface area (Å²) >= 11 is 6.00. The van der Waals surface area contributed by atoms with Crippen molar-refractivity contribution in [2.75, 3.05) is 20.3 Å². The maximum atomic E-state index is 12.4. The fraction of sp³-hybridized carbons (Fsp3) is 0.333. The lowest BCUT2D eigenvalue weighted by Gasteiger charge is -2.17. The molecule has 0 aliphatic heterocycles. The van der Waals surface area contributed by atoms with Crippen molar-refractivity contribution in [2.24, 2.45) is 0 Å². The van der Waals surface area contributed by atoms with Crippen molar-refractivity contribution in [3.8, 4) is 5.75 Å². The van der Waals surface area contributed by atoms with Gasteiger partial charge in [-0.15, -0.1) is 0 Å². The maximum Gasteiger partial charge on any atom is 0.240 e. The third-order valence-electron chi connectivity index (χ3n) is 3.97. The van der Waals surface area contributed by atoms with E-state index in [-0.39, 0.29) is 29.0 Å². The number of methoxy groups -OCH3 is 1. The molecule has 5 nitrogen and oxygen atoms in total. The van der Waals surface area contributed by atoms with E-state index in [0.29, 0.717) is 18.6 Å². The van der Waals surface area contributed by atoms with Gasteiger partial charge < -0.3 is 9.84 Å². The molecule has 0 aromatic heterocycles. The van der Waals surface area contributed by atoms with Crippen LogP contribution in [-0.2, 0) is 10.0 Å². The molecule has 1 atom stereocenters. The van der Waals surface area contributed by atoms with E-state index in [4.69, 9.17) is 16.3 Å². The monoisotopic (exact) mass is 383 g/mol. The van der Waals surface area contributed by atoms with E-state index in [2.05, 4.69) is 4.72 Å². The molecule has 0 bridgehead atoms. The number of sulfonamides is 1. The Morgan fingerprint density at radius 2 is 1.88 bits per heavy atom. The first-order valence-electron chi connectivity index (χ1n) is 7.97. The molecule has 2 aromatic rings. The van der Waals surface area contributed by atoms with Crippen LogP contribution in [-0.4, -0.2) is 33.8 Å². The highest BCUT2D eigenvalue weighted by Crippen LogP contribution is 2.27. The van der Waals surface area contributed by atoms with E-state index in [0.717, 1.165) is 5.56 Å². The molecule has 0 aliphatic rings. The highest BCUT2D eigenvalue weighted by molar-refractivity contribution is 7.89. The van der Waals surface area contributed by atoms with Gasteiger partial charge in [-0.1, -0.05) is 41.9 Å². The number of ether oxygens (including phenoxy) is 1. The van der Waals surface area contributed by atoms with Gasteiger partial charge in [0, 0.05) is 13.2 Å². The number of hydrogen-bond acceptors (Lipinski definition) is 4. The number of hydrogen-bond donors (Lipinski definition) is 2.